The van der Waals surface area contributed by atoms with E-state index in [9.17, 15) is 22.8 Å². The highest BCUT2D eigenvalue weighted by Gasteiger charge is 2.31. The number of alkyl halides is 3. The average molecular weight is 471 g/mol. The van der Waals surface area contributed by atoms with Crippen LogP contribution in [0.15, 0.2) is 45.7 Å². The van der Waals surface area contributed by atoms with Crippen LogP contribution in [0.5, 0.6) is 0 Å². The first-order valence-corrected chi connectivity index (χ1v) is 10.5. The normalized spacial score (nSPS) is 13.3. The summed E-state index contributed by atoms with van der Waals surface area (Å²) in [5.41, 5.74) is -0.868. The Kier molecular flexibility index (Phi) is 6.30. The molecule has 10 heteroatoms. The lowest BCUT2D eigenvalue weighted by molar-refractivity contribution is -0.137. The molecule has 2 N–H and O–H groups in total. The highest BCUT2D eigenvalue weighted by molar-refractivity contribution is 5.94. The molecular formula is C24H20F3N3O4. The molecule has 1 aliphatic carbocycles. The Morgan fingerprint density at radius 1 is 1.29 bits per heavy atom. The quantitative estimate of drug-likeness (QED) is 0.557. The number of halogens is 3. The van der Waals surface area contributed by atoms with Crippen molar-refractivity contribution in [2.45, 2.75) is 38.4 Å². The molecule has 1 aromatic carbocycles. The largest absolute Gasteiger partial charge is 0.416 e. The van der Waals surface area contributed by atoms with E-state index in [1.165, 1.54) is 25.1 Å². The minimum absolute atomic E-state index is 0.0208. The molecule has 0 aliphatic heterocycles. The Balaban J connectivity index is 1.72. The standard InChI is InChI=1S/C24H20F3N3O4/c1-14-16(4-3-9-31)10-20(22(32)28-13-19-12-21(29-34-19)15-7-8-15)23(33)30(14)18-6-2-5-17(11-18)24(25,26)27/h2,5-6,10-12,15,31H,7-9,13H2,1H3,(H,28,32). The molecule has 1 saturated carbocycles. The van der Waals surface area contributed by atoms with Gasteiger partial charge in [0.2, 0.25) is 0 Å². The molecule has 2 aromatic heterocycles. The second-order valence-corrected chi connectivity index (χ2v) is 7.88. The van der Waals surface area contributed by atoms with Gasteiger partial charge in [-0.1, -0.05) is 23.1 Å². The molecule has 0 saturated heterocycles. The molecule has 176 valence electrons. The number of hydrogen-bond acceptors (Lipinski definition) is 5. The molecule has 0 atom stereocenters. The number of rotatable bonds is 5. The summed E-state index contributed by atoms with van der Waals surface area (Å²) < 4.78 is 45.9. The van der Waals surface area contributed by atoms with Crippen molar-refractivity contribution in [3.8, 4) is 17.5 Å². The fourth-order valence-electron chi connectivity index (χ4n) is 3.51. The molecule has 1 amide bonds. The van der Waals surface area contributed by atoms with Crippen LogP contribution < -0.4 is 10.9 Å². The number of carbonyl (C=O) groups is 1. The molecule has 0 spiro atoms. The summed E-state index contributed by atoms with van der Waals surface area (Å²) in [4.78, 5) is 26.1. The third kappa shape index (κ3) is 4.89. The van der Waals surface area contributed by atoms with Crippen LogP contribution in [0.1, 0.15) is 57.4 Å². The maximum Gasteiger partial charge on any atom is 0.416 e. The van der Waals surface area contributed by atoms with Crippen LogP contribution in [-0.4, -0.2) is 27.3 Å². The Labute approximate surface area is 192 Å². The number of benzene rings is 1. The van der Waals surface area contributed by atoms with Crippen molar-refractivity contribution in [2.75, 3.05) is 6.61 Å². The fourth-order valence-corrected chi connectivity index (χ4v) is 3.51. The summed E-state index contributed by atoms with van der Waals surface area (Å²) in [6.45, 7) is 1.00. The average Bonchev–Trinajstić information content (AvgIpc) is 3.54. The number of hydrogen-bond donors (Lipinski definition) is 2. The topological polar surface area (TPSA) is 97.4 Å². The monoisotopic (exact) mass is 471 g/mol. The van der Waals surface area contributed by atoms with Gasteiger partial charge < -0.3 is 14.9 Å². The van der Waals surface area contributed by atoms with Gasteiger partial charge in [-0.25, -0.2) is 0 Å². The van der Waals surface area contributed by atoms with Crippen molar-refractivity contribution in [3.05, 3.63) is 80.6 Å². The van der Waals surface area contributed by atoms with Crippen LogP contribution >= 0.6 is 0 Å². The van der Waals surface area contributed by atoms with Gasteiger partial charge in [0.05, 0.1) is 17.8 Å². The molecule has 2 heterocycles. The van der Waals surface area contributed by atoms with Crippen molar-refractivity contribution in [1.29, 1.82) is 0 Å². The van der Waals surface area contributed by atoms with Gasteiger partial charge in [-0.3, -0.25) is 14.2 Å². The first-order chi connectivity index (χ1) is 16.2. The Bertz CT molecular complexity index is 1360. The van der Waals surface area contributed by atoms with Gasteiger partial charge in [-0.15, -0.1) is 0 Å². The van der Waals surface area contributed by atoms with Gasteiger partial charge in [0.15, 0.2) is 5.76 Å². The van der Waals surface area contributed by atoms with Gasteiger partial charge in [-0.05, 0) is 44.0 Å². The SMILES string of the molecule is Cc1c(C#CCO)cc(C(=O)NCc2cc(C3CC3)no2)c(=O)n1-c1cccc(C(F)(F)F)c1. The molecule has 1 aliphatic rings. The van der Waals surface area contributed by atoms with E-state index in [0.717, 1.165) is 35.2 Å². The van der Waals surface area contributed by atoms with Crippen LogP contribution in [0.3, 0.4) is 0 Å². The van der Waals surface area contributed by atoms with Crippen LogP contribution in [-0.2, 0) is 12.7 Å². The second kappa shape index (κ2) is 9.19. The van der Waals surface area contributed by atoms with Gasteiger partial charge in [-0.2, -0.15) is 13.2 Å². The van der Waals surface area contributed by atoms with E-state index >= 15 is 0 Å². The first-order valence-electron chi connectivity index (χ1n) is 10.5. The van der Waals surface area contributed by atoms with Crippen molar-refractivity contribution in [3.63, 3.8) is 0 Å². The van der Waals surface area contributed by atoms with Crippen LogP contribution in [0.25, 0.3) is 5.69 Å². The minimum atomic E-state index is -4.61. The van der Waals surface area contributed by atoms with E-state index < -0.39 is 29.8 Å². The number of nitrogens with zero attached hydrogens (tertiary/aromatic N) is 2. The number of amides is 1. The maximum absolute atomic E-state index is 13.2. The zero-order chi connectivity index (χ0) is 24.5. The van der Waals surface area contributed by atoms with Gasteiger partial charge in [0.1, 0.15) is 12.2 Å². The Morgan fingerprint density at radius 3 is 2.74 bits per heavy atom. The summed E-state index contributed by atoms with van der Waals surface area (Å²) in [5.74, 6) is 5.13. The highest BCUT2D eigenvalue weighted by atomic mass is 19.4. The molecule has 3 aromatic rings. The number of aromatic nitrogens is 2. The van der Waals surface area contributed by atoms with Gasteiger partial charge >= 0.3 is 6.18 Å². The van der Waals surface area contributed by atoms with E-state index in [1.807, 2.05) is 0 Å². The second-order valence-electron chi connectivity index (χ2n) is 7.88. The smallest absolute Gasteiger partial charge is 0.384 e. The van der Waals surface area contributed by atoms with Crippen molar-refractivity contribution in [1.82, 2.24) is 15.0 Å². The van der Waals surface area contributed by atoms with E-state index in [4.69, 9.17) is 9.63 Å². The van der Waals surface area contributed by atoms with Crippen molar-refractivity contribution in [2.24, 2.45) is 0 Å². The van der Waals surface area contributed by atoms with Crippen LogP contribution in [0.2, 0.25) is 0 Å². The number of aliphatic hydroxyl groups excluding tert-OH is 1. The van der Waals surface area contributed by atoms with Crippen LogP contribution in [0.4, 0.5) is 13.2 Å². The lowest BCUT2D eigenvalue weighted by atomic mass is 10.1. The number of carbonyl (C=O) groups excluding carboxylic acids is 1. The lowest BCUT2D eigenvalue weighted by Crippen LogP contribution is -2.33. The minimum Gasteiger partial charge on any atom is -0.384 e. The van der Waals surface area contributed by atoms with E-state index in [-0.39, 0.29) is 29.1 Å². The summed E-state index contributed by atoms with van der Waals surface area (Å²) in [6, 6.07) is 7.23. The van der Waals surface area contributed by atoms with Crippen LogP contribution in [0, 0.1) is 18.8 Å². The number of aliphatic hydroxyl groups is 1. The number of nitrogens with one attached hydrogen (secondary N) is 1. The van der Waals surface area contributed by atoms with Crippen molar-refractivity contribution >= 4 is 5.91 Å². The van der Waals surface area contributed by atoms with Gasteiger partial charge in [0, 0.05) is 28.9 Å². The predicted molar refractivity (Wildman–Crippen MR) is 115 cm³/mol. The molecule has 34 heavy (non-hydrogen) atoms. The van der Waals surface area contributed by atoms with E-state index in [2.05, 4.69) is 22.3 Å². The summed E-state index contributed by atoms with van der Waals surface area (Å²) >= 11 is 0. The molecule has 0 radical (unpaired) electrons. The molecule has 4 rings (SSSR count). The molecular weight excluding hydrogens is 451 g/mol. The van der Waals surface area contributed by atoms with Gasteiger partial charge in [0.25, 0.3) is 11.5 Å². The van der Waals surface area contributed by atoms with E-state index in [0.29, 0.717) is 11.7 Å². The Morgan fingerprint density at radius 2 is 2.06 bits per heavy atom. The zero-order valence-electron chi connectivity index (χ0n) is 18.1. The highest BCUT2D eigenvalue weighted by Crippen LogP contribution is 2.39. The maximum atomic E-state index is 13.2. The molecule has 0 unspecified atom stereocenters. The predicted octanol–water partition coefficient (Wildman–Crippen LogP) is 3.30. The zero-order valence-corrected chi connectivity index (χ0v) is 18.1. The number of pyridine rings is 1. The third-order valence-corrected chi connectivity index (χ3v) is 5.42. The first kappa shape index (κ1) is 23.3. The molecule has 7 nitrogen and oxygen atoms in total. The molecule has 1 fully saturated rings. The molecule has 0 bridgehead atoms. The third-order valence-electron chi connectivity index (χ3n) is 5.42. The summed E-state index contributed by atoms with van der Waals surface area (Å²) in [7, 11) is 0. The van der Waals surface area contributed by atoms with E-state index in [1.54, 1.807) is 6.07 Å². The Hall–Kier alpha value is -3.84. The summed E-state index contributed by atoms with van der Waals surface area (Å²) in [6.07, 6.45) is -2.54. The fraction of sp³-hybridized carbons (Fsp3) is 0.292. The van der Waals surface area contributed by atoms with Crippen molar-refractivity contribution < 1.29 is 27.6 Å². The summed E-state index contributed by atoms with van der Waals surface area (Å²) in [5, 5.41) is 15.6. The lowest BCUT2D eigenvalue weighted by Gasteiger charge is -2.16.